The number of amides is 3. The van der Waals surface area contributed by atoms with E-state index in [4.69, 9.17) is 18.9 Å². The van der Waals surface area contributed by atoms with Gasteiger partial charge in [-0.05, 0) is 43.5 Å². The lowest BCUT2D eigenvalue weighted by Gasteiger charge is -2.25. The maximum Gasteiger partial charge on any atom is 0.243 e. The van der Waals surface area contributed by atoms with Crippen molar-refractivity contribution in [2.24, 2.45) is 0 Å². The molecule has 41 heavy (non-hydrogen) atoms. The van der Waals surface area contributed by atoms with E-state index in [1.54, 1.807) is 38.3 Å². The molecule has 2 aromatic rings. The van der Waals surface area contributed by atoms with Gasteiger partial charge < -0.3 is 34.9 Å². The number of ketones is 1. The molecule has 1 aliphatic rings. The Morgan fingerprint density at radius 3 is 2.10 bits per heavy atom. The zero-order valence-electron chi connectivity index (χ0n) is 23.9. The summed E-state index contributed by atoms with van der Waals surface area (Å²) in [6, 6.07) is 13.6. The number of hydrogen-bond acceptors (Lipinski definition) is 8. The Morgan fingerprint density at radius 2 is 1.49 bits per heavy atom. The molecule has 0 aliphatic carbocycles. The van der Waals surface area contributed by atoms with Gasteiger partial charge >= 0.3 is 0 Å². The Balaban J connectivity index is 1.73. The SMILES string of the molecule is COCOCCC(=O)NC(C)C(=O)NC(Cc1ccc(OC)cc1)C(=O)NC(Cc1ccccc1)C(=O)C1(C)CO1. The maximum absolute atomic E-state index is 13.6. The fraction of sp³-hybridized carbons (Fsp3) is 0.467. The number of epoxide rings is 1. The van der Waals surface area contributed by atoms with Gasteiger partial charge in [0, 0.05) is 13.5 Å². The summed E-state index contributed by atoms with van der Waals surface area (Å²) in [6.07, 6.45) is 0.457. The van der Waals surface area contributed by atoms with Crippen LogP contribution in [-0.2, 0) is 46.2 Å². The van der Waals surface area contributed by atoms with Crippen LogP contribution in [0.4, 0.5) is 0 Å². The van der Waals surface area contributed by atoms with Gasteiger partial charge in [-0.2, -0.15) is 0 Å². The van der Waals surface area contributed by atoms with Crippen molar-refractivity contribution in [3.8, 4) is 5.75 Å². The third-order valence-corrected chi connectivity index (χ3v) is 6.69. The fourth-order valence-corrected chi connectivity index (χ4v) is 4.14. The smallest absolute Gasteiger partial charge is 0.243 e. The number of carbonyl (C=O) groups is 4. The van der Waals surface area contributed by atoms with Gasteiger partial charge in [-0.15, -0.1) is 0 Å². The molecule has 3 N–H and O–H groups in total. The normalized spacial score (nSPS) is 18.0. The number of methoxy groups -OCH3 is 2. The number of rotatable bonds is 17. The largest absolute Gasteiger partial charge is 0.497 e. The van der Waals surface area contributed by atoms with Gasteiger partial charge in [-0.3, -0.25) is 19.2 Å². The summed E-state index contributed by atoms with van der Waals surface area (Å²) in [5.74, 6) is -1.05. The minimum atomic E-state index is -1.03. The van der Waals surface area contributed by atoms with E-state index in [0.717, 1.165) is 11.1 Å². The molecular weight excluding hydrogens is 530 g/mol. The lowest BCUT2D eigenvalue weighted by atomic mass is 9.94. The van der Waals surface area contributed by atoms with Crippen LogP contribution in [0, 0.1) is 0 Å². The Kier molecular flexibility index (Phi) is 11.8. The molecule has 1 heterocycles. The second kappa shape index (κ2) is 15.3. The molecule has 1 fully saturated rings. The highest BCUT2D eigenvalue weighted by molar-refractivity contribution is 5.98. The molecule has 0 saturated carbocycles. The van der Waals surface area contributed by atoms with Gasteiger partial charge in [0.2, 0.25) is 17.7 Å². The van der Waals surface area contributed by atoms with E-state index in [0.29, 0.717) is 5.75 Å². The molecule has 3 amide bonds. The molecule has 0 spiro atoms. The predicted molar refractivity (Wildman–Crippen MR) is 150 cm³/mol. The number of hydrogen-bond donors (Lipinski definition) is 3. The van der Waals surface area contributed by atoms with Gasteiger partial charge in [0.25, 0.3) is 0 Å². The van der Waals surface area contributed by atoms with Crippen LogP contribution in [0.15, 0.2) is 54.6 Å². The molecule has 3 rings (SSSR count). The molecule has 11 heteroatoms. The van der Waals surface area contributed by atoms with Crippen molar-refractivity contribution in [1.82, 2.24) is 16.0 Å². The topological polar surface area (TPSA) is 145 Å². The van der Waals surface area contributed by atoms with E-state index in [1.165, 1.54) is 14.0 Å². The number of benzene rings is 2. The summed E-state index contributed by atoms with van der Waals surface area (Å²) in [5.41, 5.74) is 0.686. The first-order chi connectivity index (χ1) is 19.6. The zero-order valence-corrected chi connectivity index (χ0v) is 23.9. The number of carbonyl (C=O) groups excluding carboxylic acids is 4. The average molecular weight is 570 g/mol. The average Bonchev–Trinajstić information content (AvgIpc) is 3.73. The summed E-state index contributed by atoms with van der Waals surface area (Å²) in [5, 5.41) is 8.21. The number of Topliss-reactive ketones (excluding diaryl/α,β-unsaturated/α-hetero) is 1. The summed E-state index contributed by atoms with van der Waals surface area (Å²) < 4.78 is 20.5. The van der Waals surface area contributed by atoms with Crippen LogP contribution in [-0.4, -0.2) is 81.5 Å². The Bertz CT molecular complexity index is 1170. The Morgan fingerprint density at radius 1 is 0.878 bits per heavy atom. The van der Waals surface area contributed by atoms with Crippen molar-refractivity contribution in [2.75, 3.05) is 34.2 Å². The van der Waals surface area contributed by atoms with E-state index in [1.807, 2.05) is 30.3 Å². The molecule has 0 radical (unpaired) electrons. The molecule has 11 nitrogen and oxygen atoms in total. The van der Waals surface area contributed by atoms with E-state index >= 15 is 0 Å². The maximum atomic E-state index is 13.6. The molecule has 222 valence electrons. The van der Waals surface area contributed by atoms with Gasteiger partial charge in [0.05, 0.1) is 32.8 Å². The molecule has 2 aromatic carbocycles. The van der Waals surface area contributed by atoms with Crippen molar-refractivity contribution in [1.29, 1.82) is 0 Å². The van der Waals surface area contributed by atoms with Crippen molar-refractivity contribution >= 4 is 23.5 Å². The molecular formula is C30H39N3O8. The van der Waals surface area contributed by atoms with Crippen LogP contribution in [0.1, 0.15) is 31.4 Å². The van der Waals surface area contributed by atoms with Crippen molar-refractivity contribution in [2.45, 2.75) is 56.8 Å². The standard InChI is InChI=1S/C30H39N3O8/c1-20(31-26(34)14-15-40-19-38-3)28(36)33-25(17-22-10-12-23(39-4)13-11-22)29(37)32-24(27(35)30(2)18-41-30)16-21-8-6-5-7-9-21/h5-13,20,24-25H,14-19H2,1-4H3,(H,31,34)(H,32,37)(H,33,36). The Hall–Kier alpha value is -3.80. The number of nitrogens with one attached hydrogen (secondary N) is 3. The minimum absolute atomic E-state index is 0.0425. The molecule has 1 aliphatic heterocycles. The van der Waals surface area contributed by atoms with Gasteiger partial charge in [0.1, 0.15) is 30.2 Å². The van der Waals surface area contributed by atoms with Crippen molar-refractivity contribution in [3.05, 3.63) is 65.7 Å². The Labute approximate surface area is 240 Å². The van der Waals surface area contributed by atoms with Crippen LogP contribution in [0.2, 0.25) is 0 Å². The lowest BCUT2D eigenvalue weighted by Crippen LogP contribution is -2.57. The van der Waals surface area contributed by atoms with Gasteiger partial charge in [-0.25, -0.2) is 0 Å². The third kappa shape index (κ3) is 9.96. The van der Waals surface area contributed by atoms with Gasteiger partial charge in [-0.1, -0.05) is 42.5 Å². The van der Waals surface area contributed by atoms with Crippen molar-refractivity contribution in [3.63, 3.8) is 0 Å². The highest BCUT2D eigenvalue weighted by Gasteiger charge is 2.50. The van der Waals surface area contributed by atoms with Gasteiger partial charge in [0.15, 0.2) is 5.78 Å². The summed E-state index contributed by atoms with van der Waals surface area (Å²) in [4.78, 5) is 52.2. The fourth-order valence-electron chi connectivity index (χ4n) is 4.14. The predicted octanol–water partition coefficient (Wildman–Crippen LogP) is 1.32. The lowest BCUT2D eigenvalue weighted by molar-refractivity contribution is -0.134. The van der Waals surface area contributed by atoms with Crippen LogP contribution in [0.5, 0.6) is 5.75 Å². The number of ether oxygens (including phenoxy) is 4. The van der Waals surface area contributed by atoms with Crippen molar-refractivity contribution < 1.29 is 38.1 Å². The van der Waals surface area contributed by atoms with E-state index in [-0.39, 0.29) is 51.0 Å². The third-order valence-electron chi connectivity index (χ3n) is 6.69. The first-order valence-corrected chi connectivity index (χ1v) is 13.5. The minimum Gasteiger partial charge on any atom is -0.497 e. The quantitative estimate of drug-likeness (QED) is 0.147. The monoisotopic (exact) mass is 569 g/mol. The highest BCUT2D eigenvalue weighted by Crippen LogP contribution is 2.29. The zero-order chi connectivity index (χ0) is 29.8. The van der Waals surface area contributed by atoms with Crippen LogP contribution in [0.25, 0.3) is 0 Å². The van der Waals surface area contributed by atoms with E-state index in [2.05, 4.69) is 16.0 Å². The first-order valence-electron chi connectivity index (χ1n) is 13.5. The van der Waals surface area contributed by atoms with Crippen LogP contribution >= 0.6 is 0 Å². The molecule has 1 saturated heterocycles. The first kappa shape index (κ1) is 31.7. The van der Waals surface area contributed by atoms with Crippen LogP contribution in [0.3, 0.4) is 0 Å². The summed E-state index contributed by atoms with van der Waals surface area (Å²) >= 11 is 0. The summed E-state index contributed by atoms with van der Waals surface area (Å²) in [7, 11) is 3.03. The second-order valence-corrected chi connectivity index (χ2v) is 10.1. The highest BCUT2D eigenvalue weighted by atomic mass is 16.7. The molecule has 0 aromatic heterocycles. The second-order valence-electron chi connectivity index (χ2n) is 10.1. The van der Waals surface area contributed by atoms with E-state index < -0.39 is 35.5 Å². The molecule has 4 atom stereocenters. The molecule has 4 unspecified atom stereocenters. The molecule has 0 bridgehead atoms. The summed E-state index contributed by atoms with van der Waals surface area (Å²) in [6.45, 7) is 3.70. The van der Waals surface area contributed by atoms with E-state index in [9.17, 15) is 19.2 Å². The van der Waals surface area contributed by atoms with Crippen LogP contribution < -0.4 is 20.7 Å².